The quantitative estimate of drug-likeness (QED) is 0.692. The van der Waals surface area contributed by atoms with Crippen molar-refractivity contribution in [3.05, 3.63) is 28.2 Å². The molecule has 0 heterocycles. The maximum absolute atomic E-state index is 8.80. The number of aliphatic hydroxyl groups excluding tert-OH is 1. The van der Waals surface area contributed by atoms with Crippen molar-refractivity contribution < 1.29 is 5.11 Å². The van der Waals surface area contributed by atoms with Gasteiger partial charge in [0.1, 0.15) is 0 Å². The van der Waals surface area contributed by atoms with Crippen LogP contribution in [-0.4, -0.2) is 30.8 Å². The first-order valence-electron chi connectivity index (χ1n) is 7.69. The number of nitrogens with zero attached hydrogens (tertiary/aromatic N) is 1. The minimum absolute atomic E-state index is 0.127. The molecule has 2 N–H and O–H groups in total. The molecule has 4 heteroatoms. The van der Waals surface area contributed by atoms with Crippen LogP contribution in [0.3, 0.4) is 0 Å². The molecule has 0 bridgehead atoms. The number of hydrogen-bond donors (Lipinski definition) is 2. The van der Waals surface area contributed by atoms with Gasteiger partial charge in [-0.2, -0.15) is 0 Å². The Bertz CT molecular complexity index is 429. The Morgan fingerprint density at radius 1 is 1.19 bits per heavy atom. The molecule has 0 amide bonds. The van der Waals surface area contributed by atoms with Crippen LogP contribution in [0.15, 0.2) is 22.7 Å². The molecule has 21 heavy (non-hydrogen) atoms. The lowest BCUT2D eigenvalue weighted by Crippen LogP contribution is -2.35. The Kier molecular flexibility index (Phi) is 7.71. The van der Waals surface area contributed by atoms with Gasteiger partial charge in [0.2, 0.25) is 0 Å². The zero-order valence-electron chi connectivity index (χ0n) is 13.7. The van der Waals surface area contributed by atoms with Crippen molar-refractivity contribution in [2.75, 3.05) is 25.1 Å². The van der Waals surface area contributed by atoms with E-state index in [1.54, 1.807) is 0 Å². The van der Waals surface area contributed by atoms with Gasteiger partial charge in [0, 0.05) is 42.4 Å². The van der Waals surface area contributed by atoms with E-state index in [0.717, 1.165) is 36.8 Å². The predicted octanol–water partition coefficient (Wildman–Crippen LogP) is 3.94. The molecule has 0 atom stereocenters. The van der Waals surface area contributed by atoms with Crippen LogP contribution in [0.4, 0.5) is 5.69 Å². The van der Waals surface area contributed by atoms with E-state index in [1.165, 1.54) is 11.3 Å². The summed E-state index contributed by atoms with van der Waals surface area (Å²) < 4.78 is 1.15. The van der Waals surface area contributed by atoms with E-state index < -0.39 is 0 Å². The van der Waals surface area contributed by atoms with Crippen LogP contribution >= 0.6 is 15.9 Å². The summed E-state index contributed by atoms with van der Waals surface area (Å²) in [5.74, 6) is 0. The standard InChI is InChI=1S/C17H29BrN2O/c1-17(2,3)19-13-14-8-9-15(12-16(14)18)20(4)10-6-5-7-11-21/h8-9,12,19,21H,5-7,10-11,13H2,1-4H3. The van der Waals surface area contributed by atoms with E-state index in [2.05, 4.69) is 72.2 Å². The smallest absolute Gasteiger partial charge is 0.0431 e. The van der Waals surface area contributed by atoms with Crippen molar-refractivity contribution in [1.29, 1.82) is 0 Å². The summed E-state index contributed by atoms with van der Waals surface area (Å²) in [6, 6.07) is 6.55. The van der Waals surface area contributed by atoms with Crippen LogP contribution in [-0.2, 0) is 6.54 Å². The lowest BCUT2D eigenvalue weighted by Gasteiger charge is -2.23. The average Bonchev–Trinajstić information content (AvgIpc) is 2.41. The highest BCUT2D eigenvalue weighted by Gasteiger charge is 2.10. The fourth-order valence-corrected chi connectivity index (χ4v) is 2.55. The van der Waals surface area contributed by atoms with E-state index in [4.69, 9.17) is 5.11 Å². The molecule has 0 aliphatic heterocycles. The molecular formula is C17H29BrN2O. The Hall–Kier alpha value is -0.580. The molecule has 0 fully saturated rings. The number of halogens is 1. The molecule has 0 spiro atoms. The van der Waals surface area contributed by atoms with Crippen molar-refractivity contribution >= 4 is 21.6 Å². The Morgan fingerprint density at radius 2 is 1.90 bits per heavy atom. The summed E-state index contributed by atoms with van der Waals surface area (Å²) in [5, 5.41) is 12.3. The summed E-state index contributed by atoms with van der Waals surface area (Å²) in [7, 11) is 2.12. The highest BCUT2D eigenvalue weighted by atomic mass is 79.9. The maximum Gasteiger partial charge on any atom is 0.0431 e. The summed E-state index contributed by atoms with van der Waals surface area (Å²) in [4.78, 5) is 2.27. The summed E-state index contributed by atoms with van der Waals surface area (Å²) in [5.41, 5.74) is 2.63. The molecule has 0 aliphatic carbocycles. The highest BCUT2D eigenvalue weighted by Crippen LogP contribution is 2.24. The fourth-order valence-electron chi connectivity index (χ4n) is 2.04. The minimum Gasteiger partial charge on any atom is -0.396 e. The molecule has 0 unspecified atom stereocenters. The first-order chi connectivity index (χ1) is 9.83. The SMILES string of the molecule is CN(CCCCCO)c1ccc(CNC(C)(C)C)c(Br)c1. The van der Waals surface area contributed by atoms with Crippen molar-refractivity contribution in [3.63, 3.8) is 0 Å². The highest BCUT2D eigenvalue weighted by molar-refractivity contribution is 9.10. The van der Waals surface area contributed by atoms with Crippen molar-refractivity contribution in [3.8, 4) is 0 Å². The second-order valence-corrected chi connectivity index (χ2v) is 7.44. The fraction of sp³-hybridized carbons (Fsp3) is 0.647. The van der Waals surface area contributed by atoms with Crippen LogP contribution in [0.25, 0.3) is 0 Å². The number of unbranched alkanes of at least 4 members (excludes halogenated alkanes) is 2. The van der Waals surface area contributed by atoms with Gasteiger partial charge in [-0.3, -0.25) is 0 Å². The number of benzene rings is 1. The third-order valence-electron chi connectivity index (χ3n) is 3.44. The van der Waals surface area contributed by atoms with Gasteiger partial charge in [-0.05, 0) is 57.7 Å². The number of anilines is 1. The van der Waals surface area contributed by atoms with Gasteiger partial charge in [0.25, 0.3) is 0 Å². The number of rotatable bonds is 8. The molecule has 0 aromatic heterocycles. The van der Waals surface area contributed by atoms with Crippen LogP contribution in [0.2, 0.25) is 0 Å². The zero-order valence-corrected chi connectivity index (χ0v) is 15.3. The molecule has 3 nitrogen and oxygen atoms in total. The van der Waals surface area contributed by atoms with Crippen molar-refractivity contribution in [2.24, 2.45) is 0 Å². The van der Waals surface area contributed by atoms with Gasteiger partial charge in [0.05, 0.1) is 0 Å². The summed E-state index contributed by atoms with van der Waals surface area (Å²) in [6.07, 6.45) is 3.09. The van der Waals surface area contributed by atoms with Crippen LogP contribution in [0.5, 0.6) is 0 Å². The Labute approximate surface area is 137 Å². The van der Waals surface area contributed by atoms with Crippen LogP contribution in [0, 0.1) is 0 Å². The van der Waals surface area contributed by atoms with E-state index in [9.17, 15) is 0 Å². The molecule has 1 aromatic rings. The van der Waals surface area contributed by atoms with Gasteiger partial charge >= 0.3 is 0 Å². The average molecular weight is 357 g/mol. The molecule has 0 saturated heterocycles. The van der Waals surface area contributed by atoms with Gasteiger partial charge in [-0.15, -0.1) is 0 Å². The number of aliphatic hydroxyl groups is 1. The maximum atomic E-state index is 8.80. The molecular weight excluding hydrogens is 328 g/mol. The summed E-state index contributed by atoms with van der Waals surface area (Å²) >= 11 is 3.68. The lowest BCUT2D eigenvalue weighted by atomic mass is 10.1. The Balaban J connectivity index is 2.56. The van der Waals surface area contributed by atoms with Gasteiger partial charge in [0.15, 0.2) is 0 Å². The van der Waals surface area contributed by atoms with E-state index in [1.807, 2.05) is 0 Å². The molecule has 1 rings (SSSR count). The van der Waals surface area contributed by atoms with E-state index >= 15 is 0 Å². The molecule has 0 radical (unpaired) electrons. The third-order valence-corrected chi connectivity index (χ3v) is 4.18. The van der Waals surface area contributed by atoms with E-state index in [0.29, 0.717) is 6.61 Å². The first kappa shape index (κ1) is 18.5. The van der Waals surface area contributed by atoms with E-state index in [-0.39, 0.29) is 5.54 Å². The molecule has 0 aliphatic rings. The molecule has 120 valence electrons. The number of nitrogens with one attached hydrogen (secondary N) is 1. The molecule has 1 aromatic carbocycles. The first-order valence-corrected chi connectivity index (χ1v) is 8.48. The third kappa shape index (κ3) is 7.30. The van der Waals surface area contributed by atoms with Crippen molar-refractivity contribution in [1.82, 2.24) is 5.32 Å². The normalized spacial score (nSPS) is 11.7. The summed E-state index contributed by atoms with van der Waals surface area (Å²) in [6.45, 7) is 8.71. The van der Waals surface area contributed by atoms with Crippen molar-refractivity contribution in [2.45, 2.75) is 52.1 Å². The Morgan fingerprint density at radius 3 is 2.48 bits per heavy atom. The zero-order chi connectivity index (χ0) is 15.9. The van der Waals surface area contributed by atoms with Gasteiger partial charge in [-0.25, -0.2) is 0 Å². The second kappa shape index (κ2) is 8.76. The monoisotopic (exact) mass is 356 g/mol. The minimum atomic E-state index is 0.127. The second-order valence-electron chi connectivity index (χ2n) is 6.59. The van der Waals surface area contributed by atoms with Crippen LogP contribution in [0.1, 0.15) is 45.6 Å². The lowest BCUT2D eigenvalue weighted by molar-refractivity contribution is 0.283. The van der Waals surface area contributed by atoms with Gasteiger partial charge < -0.3 is 15.3 Å². The van der Waals surface area contributed by atoms with Gasteiger partial charge in [-0.1, -0.05) is 22.0 Å². The predicted molar refractivity (Wildman–Crippen MR) is 94.9 cm³/mol. The molecule has 0 saturated carbocycles. The topological polar surface area (TPSA) is 35.5 Å². The largest absolute Gasteiger partial charge is 0.396 e. The van der Waals surface area contributed by atoms with Crippen LogP contribution < -0.4 is 10.2 Å². The number of hydrogen-bond acceptors (Lipinski definition) is 3.